The van der Waals surface area contributed by atoms with Crippen LogP contribution in [0.2, 0.25) is 5.02 Å². The van der Waals surface area contributed by atoms with Crippen molar-refractivity contribution in [2.75, 3.05) is 6.54 Å². The molecule has 4 nitrogen and oxygen atoms in total. The summed E-state index contributed by atoms with van der Waals surface area (Å²) in [7, 11) is 0. The second-order valence-electron chi connectivity index (χ2n) is 5.66. The molecule has 1 unspecified atom stereocenters. The summed E-state index contributed by atoms with van der Waals surface area (Å²) in [5.41, 5.74) is 1.25. The largest absolute Gasteiger partial charge is 0.507 e. The molecule has 2 aromatic rings. The third-order valence-corrected chi connectivity index (χ3v) is 4.35. The van der Waals surface area contributed by atoms with Gasteiger partial charge in [-0.05, 0) is 29.8 Å². The van der Waals surface area contributed by atoms with Crippen molar-refractivity contribution >= 4 is 29.1 Å². The lowest BCUT2D eigenvalue weighted by Crippen LogP contribution is -2.29. The summed E-state index contributed by atoms with van der Waals surface area (Å²) in [6.07, 6.45) is 1.56. The number of benzene rings is 2. The Balaban J connectivity index is 2.19. The third-order valence-electron chi connectivity index (χ3n) is 4.10. The van der Waals surface area contributed by atoms with Gasteiger partial charge in [0.1, 0.15) is 5.76 Å². The quantitative estimate of drug-likeness (QED) is 0.392. The van der Waals surface area contributed by atoms with Gasteiger partial charge in [-0.3, -0.25) is 9.59 Å². The Morgan fingerprint density at radius 2 is 1.76 bits per heavy atom. The number of Topliss-reactive ketones (excluding diaryl/α,β-unsaturated/α-hetero) is 1. The Bertz CT molecular complexity index is 856. The highest BCUT2D eigenvalue weighted by atomic mass is 35.5. The Kier molecular flexibility index (Phi) is 4.72. The van der Waals surface area contributed by atoms with Gasteiger partial charge in [-0.1, -0.05) is 48.0 Å². The highest BCUT2D eigenvalue weighted by molar-refractivity contribution is 6.46. The van der Waals surface area contributed by atoms with Crippen molar-refractivity contribution in [3.63, 3.8) is 0 Å². The number of amides is 1. The number of likely N-dealkylation sites (tertiary alicyclic amines) is 1. The molecule has 5 heteroatoms. The minimum Gasteiger partial charge on any atom is -0.507 e. The van der Waals surface area contributed by atoms with Gasteiger partial charge in [-0.2, -0.15) is 0 Å². The van der Waals surface area contributed by atoms with Crippen molar-refractivity contribution in [3.05, 3.63) is 89.0 Å². The average Bonchev–Trinajstić information content (AvgIpc) is 2.88. The van der Waals surface area contributed by atoms with Crippen molar-refractivity contribution in [1.82, 2.24) is 4.90 Å². The van der Waals surface area contributed by atoms with Crippen LogP contribution >= 0.6 is 11.6 Å². The fourth-order valence-corrected chi connectivity index (χ4v) is 3.08. The molecular formula is C20H16ClNO3. The smallest absolute Gasteiger partial charge is 0.295 e. The summed E-state index contributed by atoms with van der Waals surface area (Å²) in [4.78, 5) is 26.4. The van der Waals surface area contributed by atoms with Crippen LogP contribution in [0.4, 0.5) is 0 Å². The molecule has 1 fully saturated rings. The van der Waals surface area contributed by atoms with Crippen molar-refractivity contribution in [2.45, 2.75) is 6.04 Å². The topological polar surface area (TPSA) is 57.6 Å². The van der Waals surface area contributed by atoms with E-state index in [9.17, 15) is 14.7 Å². The van der Waals surface area contributed by atoms with E-state index < -0.39 is 17.7 Å². The Morgan fingerprint density at radius 3 is 2.36 bits per heavy atom. The summed E-state index contributed by atoms with van der Waals surface area (Å²) in [6.45, 7) is 3.86. The Labute approximate surface area is 150 Å². The second-order valence-corrected chi connectivity index (χ2v) is 6.09. The second kappa shape index (κ2) is 6.95. The van der Waals surface area contributed by atoms with Gasteiger partial charge >= 0.3 is 0 Å². The molecule has 0 spiro atoms. The van der Waals surface area contributed by atoms with Gasteiger partial charge in [-0.15, -0.1) is 6.58 Å². The van der Waals surface area contributed by atoms with E-state index in [2.05, 4.69) is 6.58 Å². The monoisotopic (exact) mass is 353 g/mol. The van der Waals surface area contributed by atoms with Gasteiger partial charge in [0.25, 0.3) is 11.7 Å². The lowest BCUT2D eigenvalue weighted by molar-refractivity contribution is -0.139. The first-order valence-electron chi connectivity index (χ1n) is 7.74. The van der Waals surface area contributed by atoms with Crippen molar-refractivity contribution < 1.29 is 14.7 Å². The fourth-order valence-electron chi connectivity index (χ4n) is 2.95. The third kappa shape index (κ3) is 3.08. The molecule has 0 aromatic heterocycles. The number of nitrogens with zero attached hydrogens (tertiary/aromatic N) is 1. The number of rotatable bonds is 4. The molecule has 0 bridgehead atoms. The van der Waals surface area contributed by atoms with E-state index in [1.165, 1.54) is 4.90 Å². The normalized spacial score (nSPS) is 19.2. The molecule has 1 aliphatic heterocycles. The maximum absolute atomic E-state index is 12.6. The number of hydrogen-bond donors (Lipinski definition) is 1. The minimum absolute atomic E-state index is 0.0698. The van der Waals surface area contributed by atoms with E-state index in [4.69, 9.17) is 11.6 Å². The Morgan fingerprint density at radius 1 is 1.12 bits per heavy atom. The van der Waals surface area contributed by atoms with Crippen molar-refractivity contribution in [3.8, 4) is 0 Å². The minimum atomic E-state index is -0.705. The van der Waals surface area contributed by atoms with Crippen LogP contribution in [0.5, 0.6) is 0 Å². The molecule has 1 N–H and O–H groups in total. The first-order chi connectivity index (χ1) is 12.0. The zero-order chi connectivity index (χ0) is 18.0. The first-order valence-corrected chi connectivity index (χ1v) is 8.12. The zero-order valence-electron chi connectivity index (χ0n) is 13.4. The van der Waals surface area contributed by atoms with Crippen LogP contribution in [-0.2, 0) is 9.59 Å². The molecule has 1 amide bonds. The van der Waals surface area contributed by atoms with E-state index in [-0.39, 0.29) is 17.9 Å². The predicted octanol–water partition coefficient (Wildman–Crippen LogP) is 3.95. The van der Waals surface area contributed by atoms with Gasteiger partial charge < -0.3 is 10.0 Å². The van der Waals surface area contributed by atoms with Crippen LogP contribution in [0.1, 0.15) is 17.2 Å². The van der Waals surface area contributed by atoms with Crippen LogP contribution in [0.15, 0.2) is 72.8 Å². The van der Waals surface area contributed by atoms with E-state index >= 15 is 0 Å². The summed E-state index contributed by atoms with van der Waals surface area (Å²) in [6, 6.07) is 14.9. The molecule has 25 heavy (non-hydrogen) atoms. The SMILES string of the molecule is C=CCN1C(=O)C(=O)/C(=C(\O)c2ccc(Cl)cc2)C1c1ccccc1. The molecule has 3 rings (SSSR count). The zero-order valence-corrected chi connectivity index (χ0v) is 14.1. The lowest BCUT2D eigenvalue weighted by atomic mass is 9.95. The molecule has 126 valence electrons. The maximum atomic E-state index is 12.6. The van der Waals surface area contributed by atoms with Gasteiger partial charge in [0.2, 0.25) is 0 Å². The number of aliphatic hydroxyl groups excluding tert-OH is 1. The predicted molar refractivity (Wildman–Crippen MR) is 97.1 cm³/mol. The van der Waals surface area contributed by atoms with Crippen molar-refractivity contribution in [1.29, 1.82) is 0 Å². The van der Waals surface area contributed by atoms with Gasteiger partial charge in [0.05, 0.1) is 11.6 Å². The highest BCUT2D eigenvalue weighted by Crippen LogP contribution is 2.39. The first kappa shape index (κ1) is 17.0. The van der Waals surface area contributed by atoms with Gasteiger partial charge in [0.15, 0.2) is 0 Å². The van der Waals surface area contributed by atoms with Crippen LogP contribution in [0, 0.1) is 0 Å². The number of halogens is 1. The van der Waals surface area contributed by atoms with Gasteiger partial charge in [-0.25, -0.2) is 0 Å². The molecule has 2 aromatic carbocycles. The standard InChI is InChI=1S/C20H16ClNO3/c1-2-12-22-17(13-6-4-3-5-7-13)16(19(24)20(22)25)18(23)14-8-10-15(21)11-9-14/h2-11,17,23H,1,12H2/b18-16-. The molecule has 0 radical (unpaired) electrons. The van der Waals surface area contributed by atoms with Crippen LogP contribution < -0.4 is 0 Å². The summed E-state index contributed by atoms with van der Waals surface area (Å²) < 4.78 is 0. The van der Waals surface area contributed by atoms with E-state index in [1.54, 1.807) is 30.3 Å². The Hall–Kier alpha value is -2.85. The fraction of sp³-hybridized carbons (Fsp3) is 0.100. The van der Waals surface area contributed by atoms with Gasteiger partial charge in [0, 0.05) is 17.1 Å². The molecule has 0 aliphatic carbocycles. The van der Waals surface area contributed by atoms with E-state index in [0.29, 0.717) is 10.6 Å². The number of hydrogen-bond acceptors (Lipinski definition) is 3. The van der Waals surface area contributed by atoms with Crippen molar-refractivity contribution in [2.24, 2.45) is 0 Å². The number of aliphatic hydroxyl groups is 1. The maximum Gasteiger partial charge on any atom is 0.295 e. The summed E-state index contributed by atoms with van der Waals surface area (Å²) in [5, 5.41) is 11.2. The van der Waals surface area contributed by atoms with E-state index in [0.717, 1.165) is 5.56 Å². The average molecular weight is 354 g/mol. The number of carbonyl (C=O) groups is 2. The molecular weight excluding hydrogens is 338 g/mol. The summed E-state index contributed by atoms with van der Waals surface area (Å²) in [5.74, 6) is -1.57. The van der Waals surface area contributed by atoms with Crippen LogP contribution in [-0.4, -0.2) is 28.2 Å². The van der Waals surface area contributed by atoms with Crippen LogP contribution in [0.3, 0.4) is 0 Å². The summed E-state index contributed by atoms with van der Waals surface area (Å²) >= 11 is 5.88. The number of ketones is 1. The molecule has 1 atom stereocenters. The molecule has 1 saturated heterocycles. The van der Waals surface area contributed by atoms with Crippen LogP contribution in [0.25, 0.3) is 5.76 Å². The molecule has 0 saturated carbocycles. The van der Waals surface area contributed by atoms with E-state index in [1.807, 2.05) is 30.3 Å². The lowest BCUT2D eigenvalue weighted by Gasteiger charge is -2.24. The molecule has 1 aliphatic rings. The number of carbonyl (C=O) groups excluding carboxylic acids is 2. The highest BCUT2D eigenvalue weighted by Gasteiger charge is 2.45. The molecule has 1 heterocycles.